The Balaban J connectivity index is 1.57. The van der Waals surface area contributed by atoms with E-state index in [1.807, 2.05) is 44.2 Å². The lowest BCUT2D eigenvalue weighted by Gasteiger charge is -2.30. The summed E-state index contributed by atoms with van der Waals surface area (Å²) in [5, 5.41) is 2.92. The van der Waals surface area contributed by atoms with Gasteiger partial charge in [0.25, 0.3) is 5.91 Å². The number of carbonyl (C=O) groups excluding carboxylic acids is 1. The second kappa shape index (κ2) is 7.26. The molecule has 1 aliphatic rings. The summed E-state index contributed by atoms with van der Waals surface area (Å²) in [5.41, 5.74) is 11.0. The largest absolute Gasteiger partial charge is 0.368 e. The van der Waals surface area contributed by atoms with Crippen LogP contribution >= 0.6 is 0 Å². The molecule has 0 spiro atoms. The summed E-state index contributed by atoms with van der Waals surface area (Å²) in [6.45, 7) is 5.40. The summed E-state index contributed by atoms with van der Waals surface area (Å²) >= 11 is 0. The first-order chi connectivity index (χ1) is 13.5. The Morgan fingerprint density at radius 3 is 2.86 bits per heavy atom. The van der Waals surface area contributed by atoms with Gasteiger partial charge in [-0.3, -0.25) is 4.79 Å². The van der Waals surface area contributed by atoms with Gasteiger partial charge in [-0.15, -0.1) is 0 Å². The fourth-order valence-corrected chi connectivity index (χ4v) is 3.39. The molecule has 0 fully saturated rings. The first-order valence-electron chi connectivity index (χ1n) is 9.20. The number of anilines is 3. The molecule has 7 nitrogen and oxygen atoms in total. The zero-order valence-corrected chi connectivity index (χ0v) is 15.9. The number of hydrogen-bond acceptors (Lipinski definition) is 6. The standard InChI is InChI=1S/C21H22N6O/c1-13-4-3-5-16(10-13)24-20(28)18-7-6-14(2)19(25-18)27-9-8-17-15(12-27)11-23-21(22)26-17/h3-7,10-11H,8-9,12H2,1-2H3,(H,24,28)(H2,22,23,26). The number of aryl methyl sites for hydroxylation is 2. The van der Waals surface area contributed by atoms with Gasteiger partial charge in [-0.1, -0.05) is 18.2 Å². The van der Waals surface area contributed by atoms with Crippen molar-refractivity contribution in [2.45, 2.75) is 26.8 Å². The highest BCUT2D eigenvalue weighted by atomic mass is 16.1. The molecule has 3 heterocycles. The van der Waals surface area contributed by atoms with E-state index >= 15 is 0 Å². The fraction of sp³-hybridized carbons (Fsp3) is 0.238. The van der Waals surface area contributed by atoms with Gasteiger partial charge in [-0.05, 0) is 43.2 Å². The third-order valence-corrected chi connectivity index (χ3v) is 4.83. The van der Waals surface area contributed by atoms with E-state index in [1.54, 1.807) is 12.3 Å². The Morgan fingerprint density at radius 1 is 1.18 bits per heavy atom. The molecule has 0 saturated carbocycles. The predicted octanol–water partition coefficient (Wildman–Crippen LogP) is 2.89. The van der Waals surface area contributed by atoms with Gasteiger partial charge >= 0.3 is 0 Å². The van der Waals surface area contributed by atoms with Crippen LogP contribution in [-0.2, 0) is 13.0 Å². The summed E-state index contributed by atoms with van der Waals surface area (Å²) in [5.74, 6) is 0.885. The van der Waals surface area contributed by atoms with Crippen LogP contribution in [0, 0.1) is 13.8 Å². The van der Waals surface area contributed by atoms with Gasteiger partial charge in [0.05, 0.1) is 5.69 Å². The van der Waals surface area contributed by atoms with Crippen LogP contribution in [0.2, 0.25) is 0 Å². The number of carbonyl (C=O) groups is 1. The summed E-state index contributed by atoms with van der Waals surface area (Å²) in [6, 6.07) is 11.4. The van der Waals surface area contributed by atoms with Crippen molar-refractivity contribution in [2.24, 2.45) is 0 Å². The molecule has 1 aliphatic heterocycles. The minimum Gasteiger partial charge on any atom is -0.368 e. The summed E-state index contributed by atoms with van der Waals surface area (Å²) in [6.07, 6.45) is 2.54. The molecular weight excluding hydrogens is 352 g/mol. The second-order valence-electron chi connectivity index (χ2n) is 7.03. The van der Waals surface area contributed by atoms with Crippen LogP contribution in [0.15, 0.2) is 42.6 Å². The van der Waals surface area contributed by atoms with E-state index in [4.69, 9.17) is 5.73 Å². The molecule has 3 N–H and O–H groups in total. The number of rotatable bonds is 3. The highest BCUT2D eigenvalue weighted by molar-refractivity contribution is 6.03. The third kappa shape index (κ3) is 3.64. The number of benzene rings is 1. The molecule has 7 heteroatoms. The Kier molecular flexibility index (Phi) is 4.65. The Labute approximate surface area is 163 Å². The van der Waals surface area contributed by atoms with Crippen molar-refractivity contribution in [3.63, 3.8) is 0 Å². The first-order valence-corrected chi connectivity index (χ1v) is 9.20. The lowest BCUT2D eigenvalue weighted by atomic mass is 10.1. The number of hydrogen-bond donors (Lipinski definition) is 2. The molecule has 0 atom stereocenters. The monoisotopic (exact) mass is 374 g/mol. The Bertz CT molecular complexity index is 1050. The number of nitrogen functional groups attached to an aromatic ring is 1. The number of pyridine rings is 1. The van der Waals surface area contributed by atoms with Gasteiger partial charge in [0.2, 0.25) is 5.95 Å². The summed E-state index contributed by atoms with van der Waals surface area (Å²) < 4.78 is 0. The maximum absolute atomic E-state index is 12.7. The summed E-state index contributed by atoms with van der Waals surface area (Å²) in [7, 11) is 0. The molecule has 142 valence electrons. The van der Waals surface area contributed by atoms with Crippen molar-refractivity contribution < 1.29 is 4.79 Å². The molecule has 0 saturated heterocycles. The van der Waals surface area contributed by atoms with Crippen LogP contribution in [0.3, 0.4) is 0 Å². The van der Waals surface area contributed by atoms with Gasteiger partial charge in [-0.25, -0.2) is 15.0 Å². The lowest BCUT2D eigenvalue weighted by molar-refractivity contribution is 0.102. The minimum atomic E-state index is -0.222. The van der Waals surface area contributed by atoms with Crippen molar-refractivity contribution in [1.29, 1.82) is 0 Å². The van der Waals surface area contributed by atoms with E-state index < -0.39 is 0 Å². The van der Waals surface area contributed by atoms with E-state index in [-0.39, 0.29) is 5.91 Å². The molecule has 3 aromatic rings. The average Bonchev–Trinajstić information content (AvgIpc) is 2.68. The van der Waals surface area contributed by atoms with Gasteiger partial charge in [0, 0.05) is 37.0 Å². The van der Waals surface area contributed by atoms with Crippen molar-refractivity contribution in [3.8, 4) is 0 Å². The molecule has 0 bridgehead atoms. The maximum Gasteiger partial charge on any atom is 0.274 e. The second-order valence-corrected chi connectivity index (χ2v) is 7.03. The SMILES string of the molecule is Cc1cccc(NC(=O)c2ccc(C)c(N3CCc4nc(N)ncc4C3)n2)c1. The van der Waals surface area contributed by atoms with Crippen molar-refractivity contribution in [1.82, 2.24) is 15.0 Å². The van der Waals surface area contributed by atoms with Crippen LogP contribution in [-0.4, -0.2) is 27.4 Å². The van der Waals surface area contributed by atoms with E-state index in [1.165, 1.54) is 0 Å². The molecule has 1 aromatic carbocycles. The van der Waals surface area contributed by atoms with E-state index in [0.717, 1.165) is 46.9 Å². The molecule has 4 rings (SSSR count). The third-order valence-electron chi connectivity index (χ3n) is 4.83. The highest BCUT2D eigenvalue weighted by Gasteiger charge is 2.21. The van der Waals surface area contributed by atoms with Gasteiger partial charge < -0.3 is 16.0 Å². The van der Waals surface area contributed by atoms with E-state index in [9.17, 15) is 4.79 Å². The van der Waals surface area contributed by atoms with Crippen molar-refractivity contribution in [2.75, 3.05) is 22.5 Å². The van der Waals surface area contributed by atoms with Crippen LogP contribution in [0.1, 0.15) is 32.9 Å². The maximum atomic E-state index is 12.7. The lowest BCUT2D eigenvalue weighted by Crippen LogP contribution is -2.33. The number of nitrogens with two attached hydrogens (primary N) is 1. The van der Waals surface area contributed by atoms with Gasteiger partial charge in [0.15, 0.2) is 0 Å². The quantitative estimate of drug-likeness (QED) is 0.732. The highest BCUT2D eigenvalue weighted by Crippen LogP contribution is 2.25. The topological polar surface area (TPSA) is 97.0 Å². The van der Waals surface area contributed by atoms with Crippen LogP contribution in [0.5, 0.6) is 0 Å². The molecule has 0 unspecified atom stereocenters. The van der Waals surface area contributed by atoms with Crippen molar-refractivity contribution >= 4 is 23.4 Å². The van der Waals surface area contributed by atoms with Crippen LogP contribution in [0.25, 0.3) is 0 Å². The normalized spacial score (nSPS) is 13.1. The average molecular weight is 374 g/mol. The molecule has 1 amide bonds. The molecule has 2 aromatic heterocycles. The molecule has 0 radical (unpaired) electrons. The van der Waals surface area contributed by atoms with Gasteiger partial charge in [0.1, 0.15) is 11.5 Å². The number of nitrogens with one attached hydrogen (secondary N) is 1. The zero-order valence-electron chi connectivity index (χ0n) is 15.9. The van der Waals surface area contributed by atoms with Gasteiger partial charge in [-0.2, -0.15) is 0 Å². The number of nitrogens with zero attached hydrogens (tertiary/aromatic N) is 4. The molecule has 28 heavy (non-hydrogen) atoms. The van der Waals surface area contributed by atoms with Crippen LogP contribution in [0.4, 0.5) is 17.5 Å². The smallest absolute Gasteiger partial charge is 0.274 e. The number of aromatic nitrogens is 3. The van der Waals surface area contributed by atoms with E-state index in [0.29, 0.717) is 18.2 Å². The minimum absolute atomic E-state index is 0.222. The summed E-state index contributed by atoms with van der Waals surface area (Å²) in [4.78, 5) is 27.9. The van der Waals surface area contributed by atoms with E-state index in [2.05, 4.69) is 25.2 Å². The number of amides is 1. The first kappa shape index (κ1) is 17.9. The Morgan fingerprint density at radius 2 is 2.04 bits per heavy atom. The fourth-order valence-electron chi connectivity index (χ4n) is 3.39. The molecule has 0 aliphatic carbocycles. The Hall–Kier alpha value is -3.48. The van der Waals surface area contributed by atoms with Crippen LogP contribution < -0.4 is 16.0 Å². The number of fused-ring (bicyclic) bond motifs is 1. The zero-order chi connectivity index (χ0) is 19.7. The van der Waals surface area contributed by atoms with Crippen molar-refractivity contribution in [3.05, 3.63) is 70.7 Å². The molecular formula is C21H22N6O. The predicted molar refractivity (Wildman–Crippen MR) is 109 cm³/mol.